The van der Waals surface area contributed by atoms with Crippen LogP contribution in [0.4, 0.5) is 5.82 Å². The van der Waals surface area contributed by atoms with E-state index in [0.717, 1.165) is 5.56 Å². The van der Waals surface area contributed by atoms with E-state index in [1.165, 1.54) is 0 Å². The Morgan fingerprint density at radius 3 is 2.56 bits per heavy atom. The summed E-state index contributed by atoms with van der Waals surface area (Å²) in [7, 11) is 0.322. The van der Waals surface area contributed by atoms with E-state index in [1.54, 1.807) is 25.2 Å². The molecule has 9 heteroatoms. The highest BCUT2D eigenvalue weighted by atomic mass is 32.2. The van der Waals surface area contributed by atoms with Gasteiger partial charge in [0.2, 0.25) is 5.91 Å². The Morgan fingerprint density at radius 2 is 1.92 bits per heavy atom. The molecule has 3 rings (SSSR count). The summed E-state index contributed by atoms with van der Waals surface area (Å²) >= 11 is 0. The van der Waals surface area contributed by atoms with E-state index in [-0.39, 0.29) is 36.0 Å². The van der Waals surface area contributed by atoms with Gasteiger partial charge in [0.05, 0.1) is 18.1 Å². The zero-order valence-electron chi connectivity index (χ0n) is 14.6. The number of piperazine rings is 1. The van der Waals surface area contributed by atoms with Crippen molar-refractivity contribution in [3.63, 3.8) is 0 Å². The fourth-order valence-electron chi connectivity index (χ4n) is 3.61. The van der Waals surface area contributed by atoms with Gasteiger partial charge in [0.15, 0.2) is 9.84 Å². The van der Waals surface area contributed by atoms with Gasteiger partial charge in [-0.2, -0.15) is 0 Å². The lowest BCUT2D eigenvalue weighted by atomic mass is 10.0. The Morgan fingerprint density at radius 1 is 1.28 bits per heavy atom. The zero-order valence-corrected chi connectivity index (χ0v) is 15.4. The van der Waals surface area contributed by atoms with Crippen LogP contribution >= 0.6 is 0 Å². The lowest BCUT2D eigenvalue weighted by Gasteiger charge is -2.43. The fraction of sp³-hybridized carbons (Fsp3) is 0.625. The number of nitrogen functional groups attached to an aromatic ring is 1. The van der Waals surface area contributed by atoms with Gasteiger partial charge in [0.25, 0.3) is 0 Å². The number of carbonyl (C=O) groups excluding carboxylic acids is 1. The summed E-state index contributed by atoms with van der Waals surface area (Å²) in [6.45, 7) is 2.19. The first-order valence-electron chi connectivity index (χ1n) is 8.35. The number of rotatable bonds is 4. The van der Waals surface area contributed by atoms with Crippen molar-refractivity contribution in [1.29, 1.82) is 0 Å². The number of sulfone groups is 1. The van der Waals surface area contributed by atoms with Crippen molar-refractivity contribution in [2.24, 2.45) is 0 Å². The van der Waals surface area contributed by atoms with Crippen molar-refractivity contribution in [2.45, 2.75) is 18.6 Å². The Kier molecular flexibility index (Phi) is 4.99. The molecule has 1 aromatic rings. The molecule has 1 aromatic heterocycles. The highest BCUT2D eigenvalue weighted by molar-refractivity contribution is 7.91. The predicted molar refractivity (Wildman–Crippen MR) is 95.6 cm³/mol. The van der Waals surface area contributed by atoms with E-state index in [4.69, 9.17) is 5.73 Å². The van der Waals surface area contributed by atoms with Crippen molar-refractivity contribution in [2.75, 3.05) is 51.0 Å². The molecule has 2 aliphatic rings. The highest BCUT2D eigenvalue weighted by Gasteiger charge is 2.46. The first-order chi connectivity index (χ1) is 11.8. The van der Waals surface area contributed by atoms with Crippen LogP contribution in [0.2, 0.25) is 0 Å². The average molecular weight is 367 g/mol. The smallest absolute Gasteiger partial charge is 0.236 e. The highest BCUT2D eigenvalue weighted by Crippen LogP contribution is 2.28. The maximum atomic E-state index is 12.2. The third-order valence-electron chi connectivity index (χ3n) is 5.04. The van der Waals surface area contributed by atoms with Crippen LogP contribution in [-0.4, -0.2) is 91.3 Å². The predicted octanol–water partition coefficient (Wildman–Crippen LogP) is -0.965. The minimum atomic E-state index is -3.11. The Hall–Kier alpha value is -1.71. The van der Waals surface area contributed by atoms with E-state index in [2.05, 4.69) is 9.88 Å². The molecule has 0 spiro atoms. The van der Waals surface area contributed by atoms with Gasteiger partial charge >= 0.3 is 0 Å². The fourth-order valence-corrected chi connectivity index (χ4v) is 5.65. The van der Waals surface area contributed by atoms with Crippen molar-refractivity contribution in [3.05, 3.63) is 23.9 Å². The van der Waals surface area contributed by atoms with Gasteiger partial charge in [-0.1, -0.05) is 6.07 Å². The molecule has 2 fully saturated rings. The maximum Gasteiger partial charge on any atom is 0.236 e. The number of anilines is 1. The monoisotopic (exact) mass is 367 g/mol. The number of likely N-dealkylation sites (N-methyl/N-ethyl adjacent to an activating group) is 1. The first kappa shape index (κ1) is 18.1. The van der Waals surface area contributed by atoms with Gasteiger partial charge in [-0.3, -0.25) is 14.6 Å². The van der Waals surface area contributed by atoms with Crippen molar-refractivity contribution < 1.29 is 13.2 Å². The molecule has 8 nitrogen and oxygen atoms in total. The summed E-state index contributed by atoms with van der Waals surface area (Å²) in [6, 6.07) is 3.48. The number of hydrogen-bond donors (Lipinski definition) is 1. The number of fused-ring (bicyclic) bond motifs is 1. The molecule has 25 heavy (non-hydrogen) atoms. The average Bonchev–Trinajstić information content (AvgIpc) is 2.87. The molecular formula is C16H25N5O3S. The summed E-state index contributed by atoms with van der Waals surface area (Å²) in [6.07, 6.45) is 1.65. The third-order valence-corrected chi connectivity index (χ3v) is 6.74. The van der Waals surface area contributed by atoms with Crippen molar-refractivity contribution in [1.82, 2.24) is 19.7 Å². The molecule has 0 bridgehead atoms. The van der Waals surface area contributed by atoms with Crippen LogP contribution in [0.3, 0.4) is 0 Å². The summed E-state index contributed by atoms with van der Waals surface area (Å²) in [5.74, 6) is 0.708. The molecular weight excluding hydrogens is 342 g/mol. The van der Waals surface area contributed by atoms with E-state index >= 15 is 0 Å². The maximum absolute atomic E-state index is 12.2. The van der Waals surface area contributed by atoms with Crippen LogP contribution in [0.25, 0.3) is 0 Å². The summed E-state index contributed by atoms with van der Waals surface area (Å²) in [5.41, 5.74) is 6.84. The summed E-state index contributed by atoms with van der Waals surface area (Å²) in [4.78, 5) is 21.9. The summed E-state index contributed by atoms with van der Waals surface area (Å²) < 4.78 is 24.5. The number of nitrogens with zero attached hydrogens (tertiary/aromatic N) is 4. The second-order valence-electron chi connectivity index (χ2n) is 6.99. The lowest BCUT2D eigenvalue weighted by Crippen LogP contribution is -2.60. The molecule has 0 radical (unpaired) electrons. The molecule has 138 valence electrons. The third kappa shape index (κ3) is 3.94. The lowest BCUT2D eigenvalue weighted by molar-refractivity contribution is -0.131. The molecule has 0 saturated carbocycles. The van der Waals surface area contributed by atoms with Crippen molar-refractivity contribution >= 4 is 21.6 Å². The minimum absolute atomic E-state index is 0.00648. The quantitative estimate of drug-likeness (QED) is 0.731. The Balaban J connectivity index is 1.78. The molecule has 2 saturated heterocycles. The van der Waals surface area contributed by atoms with Gasteiger partial charge < -0.3 is 10.6 Å². The van der Waals surface area contributed by atoms with Crippen LogP contribution in [0.15, 0.2) is 18.3 Å². The van der Waals surface area contributed by atoms with Crippen LogP contribution in [0.5, 0.6) is 0 Å². The van der Waals surface area contributed by atoms with Crippen LogP contribution < -0.4 is 5.73 Å². The normalized spacial score (nSPS) is 26.3. The SMILES string of the molecule is CN(C)C(=O)CN1CCN(Cc2cccnc2N)[C@@H]2CS(=O)(=O)C[C@@H]21. The minimum Gasteiger partial charge on any atom is -0.383 e. The number of aromatic nitrogens is 1. The second-order valence-corrected chi connectivity index (χ2v) is 9.14. The van der Waals surface area contributed by atoms with Gasteiger partial charge in [-0.25, -0.2) is 13.4 Å². The Labute approximate surface area is 148 Å². The molecule has 2 aliphatic heterocycles. The molecule has 0 aliphatic carbocycles. The van der Waals surface area contributed by atoms with Gasteiger partial charge in [-0.05, 0) is 6.07 Å². The van der Waals surface area contributed by atoms with Crippen LogP contribution in [0, 0.1) is 0 Å². The van der Waals surface area contributed by atoms with Crippen molar-refractivity contribution in [3.8, 4) is 0 Å². The zero-order chi connectivity index (χ0) is 18.2. The van der Waals surface area contributed by atoms with E-state index < -0.39 is 9.84 Å². The van der Waals surface area contributed by atoms with E-state index in [1.807, 2.05) is 17.0 Å². The molecule has 3 heterocycles. The molecule has 0 unspecified atom stereocenters. The largest absolute Gasteiger partial charge is 0.383 e. The first-order valence-corrected chi connectivity index (χ1v) is 10.2. The number of pyridine rings is 1. The van der Waals surface area contributed by atoms with E-state index in [9.17, 15) is 13.2 Å². The second kappa shape index (κ2) is 6.89. The number of amides is 1. The molecule has 2 atom stereocenters. The van der Waals surface area contributed by atoms with Gasteiger partial charge in [0, 0.05) is 57.6 Å². The number of nitrogens with two attached hydrogens (primary N) is 1. The standard InChI is InChI=1S/C16H25N5O3S/c1-19(2)15(22)9-21-7-6-20(8-12-4-3-5-18-16(12)17)13-10-25(23,24)11-14(13)21/h3-5,13-14H,6-11H2,1-2H3,(H2,17,18)/t13-,14+/m1/s1. The topological polar surface area (TPSA) is 99.8 Å². The van der Waals surface area contributed by atoms with Crippen LogP contribution in [0.1, 0.15) is 5.56 Å². The summed E-state index contributed by atoms with van der Waals surface area (Å²) in [5, 5.41) is 0. The van der Waals surface area contributed by atoms with Crippen LogP contribution in [-0.2, 0) is 21.2 Å². The molecule has 2 N–H and O–H groups in total. The van der Waals surface area contributed by atoms with Gasteiger partial charge in [-0.15, -0.1) is 0 Å². The van der Waals surface area contributed by atoms with E-state index in [0.29, 0.717) is 25.5 Å². The Bertz CT molecular complexity index is 752. The molecule has 1 amide bonds. The number of carbonyl (C=O) groups is 1. The number of hydrogen-bond acceptors (Lipinski definition) is 7. The van der Waals surface area contributed by atoms with Gasteiger partial charge in [0.1, 0.15) is 5.82 Å². The molecule has 0 aromatic carbocycles.